The molecule has 1 aromatic carbocycles. The first kappa shape index (κ1) is 15.7. The Kier molecular flexibility index (Phi) is 6.02. The van der Waals surface area contributed by atoms with Crippen LogP contribution in [0.2, 0.25) is 0 Å². The van der Waals surface area contributed by atoms with Crippen LogP contribution in [0.5, 0.6) is 0 Å². The molecular weight excluding hydrogens is 258 g/mol. The third-order valence-electron chi connectivity index (χ3n) is 3.30. The molecule has 0 aliphatic rings. The van der Waals surface area contributed by atoms with Crippen molar-refractivity contribution in [3.8, 4) is 0 Å². The van der Waals surface area contributed by atoms with Crippen LogP contribution in [0.4, 0.5) is 5.69 Å². The predicted octanol–water partition coefficient (Wildman–Crippen LogP) is 3.13. The molecule has 4 nitrogen and oxygen atoms in total. The van der Waals surface area contributed by atoms with Gasteiger partial charge in [-0.1, -0.05) is 25.1 Å². The van der Waals surface area contributed by atoms with E-state index in [1.807, 2.05) is 25.2 Å². The maximum Gasteiger partial charge on any atom is 0.173 e. The van der Waals surface area contributed by atoms with Crippen molar-refractivity contribution in [3.05, 3.63) is 23.8 Å². The zero-order chi connectivity index (χ0) is 14.4. The molecule has 0 aliphatic heterocycles. The monoisotopic (exact) mass is 281 g/mol. The number of hydrogen-bond acceptors (Lipinski definition) is 4. The third-order valence-corrected chi connectivity index (χ3v) is 4.24. The van der Waals surface area contributed by atoms with E-state index in [1.54, 1.807) is 11.8 Å². The average molecular weight is 281 g/mol. The quantitative estimate of drug-likeness (QED) is 0.276. The van der Waals surface area contributed by atoms with E-state index in [0.717, 1.165) is 28.3 Å². The van der Waals surface area contributed by atoms with Crippen LogP contribution in [-0.4, -0.2) is 29.9 Å². The number of amidine groups is 1. The lowest BCUT2D eigenvalue weighted by Crippen LogP contribution is -2.31. The van der Waals surface area contributed by atoms with Crippen LogP contribution < -0.4 is 10.6 Å². The summed E-state index contributed by atoms with van der Waals surface area (Å²) in [6, 6.07) is 6.43. The van der Waals surface area contributed by atoms with E-state index in [9.17, 15) is 0 Å². The fraction of sp³-hybridized carbons (Fsp3) is 0.500. The summed E-state index contributed by atoms with van der Waals surface area (Å²) in [6.45, 7) is 6.40. The van der Waals surface area contributed by atoms with E-state index in [2.05, 4.69) is 30.8 Å². The van der Waals surface area contributed by atoms with Crippen LogP contribution in [0.25, 0.3) is 0 Å². The first-order valence-corrected chi connectivity index (χ1v) is 7.51. The Morgan fingerprint density at radius 3 is 2.68 bits per heavy atom. The number of rotatable bonds is 6. The van der Waals surface area contributed by atoms with Crippen LogP contribution in [-0.2, 0) is 0 Å². The highest BCUT2D eigenvalue weighted by Crippen LogP contribution is 2.31. The molecule has 1 aromatic rings. The summed E-state index contributed by atoms with van der Waals surface area (Å²) in [7, 11) is 2.04. The molecular formula is C14H23N3OS. The van der Waals surface area contributed by atoms with Gasteiger partial charge in [0.25, 0.3) is 0 Å². The molecule has 0 heterocycles. The first-order valence-electron chi connectivity index (χ1n) is 6.53. The highest BCUT2D eigenvalue weighted by molar-refractivity contribution is 7.99. The van der Waals surface area contributed by atoms with E-state index < -0.39 is 0 Å². The van der Waals surface area contributed by atoms with Crippen molar-refractivity contribution in [2.75, 3.05) is 17.7 Å². The van der Waals surface area contributed by atoms with Gasteiger partial charge in [0, 0.05) is 23.7 Å². The van der Waals surface area contributed by atoms with Gasteiger partial charge in [0.15, 0.2) is 5.84 Å². The van der Waals surface area contributed by atoms with Crippen molar-refractivity contribution in [2.45, 2.75) is 38.1 Å². The minimum atomic E-state index is 0.168. The Morgan fingerprint density at radius 2 is 2.16 bits per heavy atom. The highest BCUT2D eigenvalue weighted by atomic mass is 32.2. The molecule has 0 saturated carbocycles. The van der Waals surface area contributed by atoms with Gasteiger partial charge in [-0.2, -0.15) is 0 Å². The molecule has 19 heavy (non-hydrogen) atoms. The largest absolute Gasteiger partial charge is 0.409 e. The van der Waals surface area contributed by atoms with Crippen molar-refractivity contribution in [1.29, 1.82) is 0 Å². The van der Waals surface area contributed by atoms with Crippen LogP contribution in [0.3, 0.4) is 0 Å². The number of oxime groups is 1. The van der Waals surface area contributed by atoms with E-state index in [1.165, 1.54) is 0 Å². The van der Waals surface area contributed by atoms with Crippen molar-refractivity contribution in [3.63, 3.8) is 0 Å². The Bertz CT molecular complexity index is 448. The molecule has 0 aliphatic carbocycles. The number of benzene rings is 1. The molecule has 106 valence electrons. The van der Waals surface area contributed by atoms with E-state index in [4.69, 9.17) is 10.9 Å². The van der Waals surface area contributed by atoms with Crippen LogP contribution in [0, 0.1) is 0 Å². The van der Waals surface area contributed by atoms with Gasteiger partial charge in [-0.05, 0) is 31.2 Å². The molecule has 0 radical (unpaired) electrons. The summed E-state index contributed by atoms with van der Waals surface area (Å²) in [5, 5.41) is 12.2. The standard InChI is InChI=1S/C14H23N3OS/c1-5-10(3)17(4)11-8-7-9-12(19-6-2)13(11)14(15)16-18/h7-10,18H,5-6H2,1-4H3,(H2,15,16). The summed E-state index contributed by atoms with van der Waals surface area (Å²) in [4.78, 5) is 3.22. The molecule has 0 amide bonds. The molecule has 1 atom stereocenters. The second-order valence-electron chi connectivity index (χ2n) is 4.44. The summed E-state index contributed by atoms with van der Waals surface area (Å²) in [6.07, 6.45) is 1.04. The van der Waals surface area contributed by atoms with Gasteiger partial charge in [-0.15, -0.1) is 11.8 Å². The van der Waals surface area contributed by atoms with E-state index in [0.29, 0.717) is 6.04 Å². The fourth-order valence-corrected chi connectivity index (χ4v) is 2.75. The number of thioether (sulfide) groups is 1. The van der Waals surface area contributed by atoms with E-state index >= 15 is 0 Å². The second-order valence-corrected chi connectivity index (χ2v) is 5.74. The lowest BCUT2D eigenvalue weighted by molar-refractivity contribution is 0.318. The van der Waals surface area contributed by atoms with Gasteiger partial charge in [0.2, 0.25) is 0 Å². The molecule has 0 aromatic heterocycles. The average Bonchev–Trinajstić information content (AvgIpc) is 2.44. The highest BCUT2D eigenvalue weighted by Gasteiger charge is 2.18. The molecule has 1 unspecified atom stereocenters. The molecule has 0 saturated heterocycles. The molecule has 0 fully saturated rings. The maximum absolute atomic E-state index is 9.02. The minimum Gasteiger partial charge on any atom is -0.409 e. The van der Waals surface area contributed by atoms with Crippen molar-refractivity contribution in [1.82, 2.24) is 0 Å². The van der Waals surface area contributed by atoms with Crippen molar-refractivity contribution < 1.29 is 5.21 Å². The number of anilines is 1. The third kappa shape index (κ3) is 3.56. The summed E-state index contributed by atoms with van der Waals surface area (Å²) in [5.41, 5.74) is 7.69. The van der Waals surface area contributed by atoms with Crippen LogP contribution in [0.15, 0.2) is 28.3 Å². The van der Waals surface area contributed by atoms with Gasteiger partial charge in [0.05, 0.1) is 5.56 Å². The molecule has 0 bridgehead atoms. The lowest BCUT2D eigenvalue weighted by atomic mass is 10.1. The predicted molar refractivity (Wildman–Crippen MR) is 83.5 cm³/mol. The summed E-state index contributed by atoms with van der Waals surface area (Å²) >= 11 is 1.70. The molecule has 0 spiro atoms. The summed E-state index contributed by atoms with van der Waals surface area (Å²) in [5.74, 6) is 1.11. The second kappa shape index (κ2) is 7.28. The molecule has 5 heteroatoms. The normalized spacial score (nSPS) is 13.4. The Hall–Kier alpha value is -1.36. The molecule has 3 N–H and O–H groups in total. The zero-order valence-corrected chi connectivity index (χ0v) is 12.9. The Balaban J connectivity index is 3.34. The first-order chi connectivity index (χ1) is 9.06. The fourth-order valence-electron chi connectivity index (χ4n) is 1.91. The van der Waals surface area contributed by atoms with Gasteiger partial charge in [0.1, 0.15) is 0 Å². The number of nitrogens with two attached hydrogens (primary N) is 1. The minimum absolute atomic E-state index is 0.168. The zero-order valence-electron chi connectivity index (χ0n) is 12.1. The van der Waals surface area contributed by atoms with Gasteiger partial charge in [-0.3, -0.25) is 0 Å². The maximum atomic E-state index is 9.02. The Morgan fingerprint density at radius 1 is 1.47 bits per heavy atom. The summed E-state index contributed by atoms with van der Waals surface area (Å²) < 4.78 is 0. The Labute approximate surface area is 119 Å². The van der Waals surface area contributed by atoms with Gasteiger partial charge in [-0.25, -0.2) is 0 Å². The number of nitrogens with zero attached hydrogens (tertiary/aromatic N) is 2. The lowest BCUT2D eigenvalue weighted by Gasteiger charge is -2.28. The smallest absolute Gasteiger partial charge is 0.173 e. The van der Waals surface area contributed by atoms with Crippen molar-refractivity contribution in [2.24, 2.45) is 10.9 Å². The topological polar surface area (TPSA) is 61.8 Å². The van der Waals surface area contributed by atoms with Crippen LogP contribution >= 0.6 is 11.8 Å². The molecule has 1 rings (SSSR count). The van der Waals surface area contributed by atoms with Crippen LogP contribution in [0.1, 0.15) is 32.8 Å². The van der Waals surface area contributed by atoms with Crippen molar-refractivity contribution >= 4 is 23.3 Å². The van der Waals surface area contributed by atoms with Gasteiger partial charge >= 0.3 is 0 Å². The van der Waals surface area contributed by atoms with E-state index in [-0.39, 0.29) is 5.84 Å². The number of hydrogen-bond donors (Lipinski definition) is 2. The SMILES string of the molecule is CCSc1cccc(N(C)C(C)CC)c1/C(N)=N/O. The van der Waals surface area contributed by atoms with Gasteiger partial charge < -0.3 is 15.8 Å².